The zero-order chi connectivity index (χ0) is 6.27. The minimum absolute atomic E-state index is 0.902. The van der Waals surface area contributed by atoms with Crippen LogP contribution >= 0.6 is 0 Å². The summed E-state index contributed by atoms with van der Waals surface area (Å²) in [6.45, 7) is 0.902. The Morgan fingerprint density at radius 3 is 2.89 bits per heavy atom. The van der Waals surface area contributed by atoms with Crippen molar-refractivity contribution in [2.75, 3.05) is 6.54 Å². The van der Waals surface area contributed by atoms with E-state index in [9.17, 15) is 0 Å². The van der Waals surface area contributed by atoms with E-state index in [1.54, 1.807) is 6.33 Å². The molecule has 0 N–H and O–H groups in total. The Hall–Kier alpha value is -1.12. The van der Waals surface area contributed by atoms with Crippen LogP contribution in [0.2, 0.25) is 0 Å². The zero-order valence-electron chi connectivity index (χ0n) is 5.20. The van der Waals surface area contributed by atoms with Crippen LogP contribution in [0.3, 0.4) is 0 Å². The zero-order valence-corrected chi connectivity index (χ0v) is 5.20. The van der Waals surface area contributed by atoms with E-state index in [-0.39, 0.29) is 0 Å². The average Bonchev–Trinajstić information content (AvgIpc) is 2.58. The number of hydrogen-bond donors (Lipinski definition) is 0. The van der Waals surface area contributed by atoms with E-state index in [1.807, 2.05) is 17.8 Å². The Bertz CT molecular complexity index is 259. The predicted octanol–water partition coefficient (Wildman–Crippen LogP) is 0.223. The molecule has 9 heavy (non-hydrogen) atoms. The third-order valence-corrected chi connectivity index (χ3v) is 1.43. The van der Waals surface area contributed by atoms with Crippen molar-refractivity contribution in [2.45, 2.75) is 0 Å². The molecule has 0 spiro atoms. The molecule has 1 aromatic rings. The van der Waals surface area contributed by atoms with Gasteiger partial charge in [0, 0.05) is 7.05 Å². The summed E-state index contributed by atoms with van der Waals surface area (Å²) in [5, 5.41) is 0. The SMILES string of the molecule is Cn1cncc1C1=NC1. The fraction of sp³-hybridized carbons (Fsp3) is 0.333. The number of hydrogen-bond acceptors (Lipinski definition) is 2. The van der Waals surface area contributed by atoms with Gasteiger partial charge in [0.2, 0.25) is 0 Å². The van der Waals surface area contributed by atoms with Gasteiger partial charge in [0.1, 0.15) is 0 Å². The molecule has 0 atom stereocenters. The molecule has 0 unspecified atom stereocenters. The van der Waals surface area contributed by atoms with E-state index in [4.69, 9.17) is 0 Å². The molecule has 0 aromatic carbocycles. The van der Waals surface area contributed by atoms with Crippen molar-refractivity contribution < 1.29 is 0 Å². The molecule has 1 aromatic heterocycles. The van der Waals surface area contributed by atoms with E-state index >= 15 is 0 Å². The van der Waals surface area contributed by atoms with Gasteiger partial charge in [-0.15, -0.1) is 0 Å². The fourth-order valence-corrected chi connectivity index (χ4v) is 0.837. The molecule has 2 heterocycles. The van der Waals surface area contributed by atoms with Crippen LogP contribution in [0.25, 0.3) is 0 Å². The Morgan fingerprint density at radius 2 is 2.44 bits per heavy atom. The number of imidazole rings is 1. The van der Waals surface area contributed by atoms with Gasteiger partial charge < -0.3 is 4.57 Å². The van der Waals surface area contributed by atoms with Crippen molar-refractivity contribution in [3.8, 4) is 0 Å². The Kier molecular flexibility index (Phi) is 0.754. The molecule has 1 aliphatic rings. The van der Waals surface area contributed by atoms with Gasteiger partial charge in [0.05, 0.1) is 30.5 Å². The third-order valence-electron chi connectivity index (χ3n) is 1.43. The van der Waals surface area contributed by atoms with Crippen molar-refractivity contribution in [1.29, 1.82) is 0 Å². The van der Waals surface area contributed by atoms with Crippen molar-refractivity contribution in [1.82, 2.24) is 9.55 Å². The van der Waals surface area contributed by atoms with E-state index < -0.39 is 0 Å². The lowest BCUT2D eigenvalue weighted by Gasteiger charge is -1.90. The van der Waals surface area contributed by atoms with Crippen LogP contribution < -0.4 is 0 Å². The van der Waals surface area contributed by atoms with Crippen LogP contribution in [-0.2, 0) is 7.05 Å². The molecule has 0 saturated carbocycles. The predicted molar refractivity (Wildman–Crippen MR) is 34.6 cm³/mol. The number of rotatable bonds is 1. The summed E-state index contributed by atoms with van der Waals surface area (Å²) in [6, 6.07) is 0. The maximum Gasteiger partial charge on any atom is 0.0948 e. The van der Waals surface area contributed by atoms with Crippen molar-refractivity contribution in [3.05, 3.63) is 18.2 Å². The highest BCUT2D eigenvalue weighted by atomic mass is 15.1. The smallest absolute Gasteiger partial charge is 0.0948 e. The lowest BCUT2D eigenvalue weighted by Crippen LogP contribution is -1.96. The summed E-state index contributed by atoms with van der Waals surface area (Å²) in [4.78, 5) is 8.03. The first-order chi connectivity index (χ1) is 4.38. The first kappa shape index (κ1) is 4.73. The monoisotopic (exact) mass is 121 g/mol. The second-order valence-electron chi connectivity index (χ2n) is 2.15. The molecule has 2 rings (SSSR count). The first-order valence-electron chi connectivity index (χ1n) is 2.88. The van der Waals surface area contributed by atoms with E-state index in [0.717, 1.165) is 12.2 Å². The van der Waals surface area contributed by atoms with Gasteiger partial charge in [-0.25, -0.2) is 4.98 Å². The molecule has 0 radical (unpaired) electrons. The van der Waals surface area contributed by atoms with Crippen LogP contribution in [-0.4, -0.2) is 21.8 Å². The maximum absolute atomic E-state index is 4.06. The minimum Gasteiger partial charge on any atom is -0.333 e. The molecule has 0 saturated heterocycles. The van der Waals surface area contributed by atoms with Crippen molar-refractivity contribution >= 4 is 5.71 Å². The van der Waals surface area contributed by atoms with Crippen molar-refractivity contribution in [3.63, 3.8) is 0 Å². The molecule has 0 aliphatic carbocycles. The summed E-state index contributed by atoms with van der Waals surface area (Å²) in [6.07, 6.45) is 3.63. The van der Waals surface area contributed by atoms with Crippen LogP contribution in [0.5, 0.6) is 0 Å². The quantitative estimate of drug-likeness (QED) is 0.522. The van der Waals surface area contributed by atoms with Crippen LogP contribution in [0.4, 0.5) is 0 Å². The van der Waals surface area contributed by atoms with Gasteiger partial charge in [-0.3, -0.25) is 4.99 Å². The van der Waals surface area contributed by atoms with Gasteiger partial charge >= 0.3 is 0 Å². The Labute approximate surface area is 53.1 Å². The molecule has 46 valence electrons. The fourth-order valence-electron chi connectivity index (χ4n) is 0.837. The number of aliphatic imine (C=N–C) groups is 1. The number of aryl methyl sites for hydroxylation is 1. The number of aromatic nitrogens is 2. The van der Waals surface area contributed by atoms with Gasteiger partial charge in [-0.2, -0.15) is 0 Å². The lowest BCUT2D eigenvalue weighted by atomic mass is 10.4. The van der Waals surface area contributed by atoms with Gasteiger partial charge in [-0.05, 0) is 0 Å². The second-order valence-corrected chi connectivity index (χ2v) is 2.15. The lowest BCUT2D eigenvalue weighted by molar-refractivity contribution is 0.904. The normalized spacial score (nSPS) is 15.4. The molecular weight excluding hydrogens is 114 g/mol. The van der Waals surface area contributed by atoms with Crippen molar-refractivity contribution in [2.24, 2.45) is 12.0 Å². The summed E-state index contributed by atoms with van der Waals surface area (Å²) >= 11 is 0. The molecule has 3 nitrogen and oxygen atoms in total. The van der Waals surface area contributed by atoms with E-state index in [2.05, 4.69) is 9.98 Å². The summed E-state index contributed by atoms with van der Waals surface area (Å²) < 4.78 is 1.98. The standard InChI is InChI=1S/C6H7N3/c1-9-4-7-3-6(9)5-2-8-5/h3-4H,2H2,1H3. The Balaban J connectivity index is 2.47. The first-order valence-corrected chi connectivity index (χ1v) is 2.88. The van der Waals surface area contributed by atoms with Crippen LogP contribution in [0.1, 0.15) is 5.69 Å². The topological polar surface area (TPSA) is 30.2 Å². The maximum atomic E-state index is 4.06. The highest BCUT2D eigenvalue weighted by Gasteiger charge is 2.14. The highest BCUT2D eigenvalue weighted by Crippen LogP contribution is 2.08. The molecular formula is C6H7N3. The van der Waals surface area contributed by atoms with Gasteiger partial charge in [0.15, 0.2) is 0 Å². The van der Waals surface area contributed by atoms with Crippen LogP contribution in [0, 0.1) is 0 Å². The largest absolute Gasteiger partial charge is 0.333 e. The molecule has 0 fully saturated rings. The third kappa shape index (κ3) is 0.650. The minimum atomic E-state index is 0.902. The molecule has 1 aliphatic heterocycles. The molecule has 0 amide bonds. The van der Waals surface area contributed by atoms with Gasteiger partial charge in [0.25, 0.3) is 0 Å². The van der Waals surface area contributed by atoms with E-state index in [1.165, 1.54) is 5.71 Å². The second kappa shape index (κ2) is 1.43. The molecule has 0 bridgehead atoms. The molecule has 3 heteroatoms. The number of nitrogens with zero attached hydrogens (tertiary/aromatic N) is 3. The summed E-state index contributed by atoms with van der Waals surface area (Å²) in [5.74, 6) is 0. The summed E-state index contributed by atoms with van der Waals surface area (Å²) in [5.41, 5.74) is 2.32. The van der Waals surface area contributed by atoms with E-state index in [0.29, 0.717) is 0 Å². The highest BCUT2D eigenvalue weighted by molar-refractivity contribution is 6.09. The van der Waals surface area contributed by atoms with Crippen LogP contribution in [0.15, 0.2) is 17.5 Å². The van der Waals surface area contributed by atoms with Gasteiger partial charge in [-0.1, -0.05) is 0 Å². The average molecular weight is 121 g/mol. The summed E-state index contributed by atoms with van der Waals surface area (Å²) in [7, 11) is 1.98. The Morgan fingerprint density at radius 1 is 1.67 bits per heavy atom.